The van der Waals surface area contributed by atoms with E-state index in [1.54, 1.807) is 14.2 Å². The smallest absolute Gasteiger partial charge is 0.161 e. The molecule has 1 rings (SSSR count). The second-order valence-corrected chi connectivity index (χ2v) is 3.46. The number of hydrogen-bond donors (Lipinski definition) is 1. The lowest BCUT2D eigenvalue weighted by molar-refractivity contribution is 0.354. The number of nitrogens with one attached hydrogen (secondary N) is 1. The van der Waals surface area contributed by atoms with Crippen LogP contribution in [0.1, 0.15) is 12.5 Å². The van der Waals surface area contributed by atoms with Crippen molar-refractivity contribution < 1.29 is 9.47 Å². The predicted octanol–water partition coefficient (Wildman–Crippen LogP) is 1.82. The molecule has 0 radical (unpaired) electrons. The molecule has 0 aliphatic carbocycles. The maximum atomic E-state index is 5.28. The summed E-state index contributed by atoms with van der Waals surface area (Å²) in [6.45, 7) is 2.66. The van der Waals surface area contributed by atoms with E-state index in [0.29, 0.717) is 6.54 Å². The lowest BCUT2D eigenvalue weighted by atomic mass is 10.2. The van der Waals surface area contributed by atoms with Crippen molar-refractivity contribution in [2.24, 2.45) is 0 Å². The zero-order valence-electron chi connectivity index (χ0n) is 9.91. The number of benzene rings is 1. The zero-order chi connectivity index (χ0) is 12.0. The summed E-state index contributed by atoms with van der Waals surface area (Å²) in [4.78, 5) is 0. The van der Waals surface area contributed by atoms with Crippen molar-refractivity contribution in [1.29, 1.82) is 0 Å². The minimum atomic E-state index is 0.0631. The molecule has 1 atom stereocenters. The van der Waals surface area contributed by atoms with Crippen molar-refractivity contribution in [3.8, 4) is 23.8 Å². The maximum Gasteiger partial charge on any atom is 0.161 e. The first kappa shape index (κ1) is 12.4. The van der Waals surface area contributed by atoms with Crippen LogP contribution in [0.2, 0.25) is 0 Å². The molecular weight excluding hydrogens is 202 g/mol. The van der Waals surface area contributed by atoms with Crippen LogP contribution in [0.3, 0.4) is 0 Å². The van der Waals surface area contributed by atoms with Crippen LogP contribution in [0.25, 0.3) is 0 Å². The molecule has 16 heavy (non-hydrogen) atoms. The van der Waals surface area contributed by atoms with Crippen LogP contribution < -0.4 is 14.8 Å². The Balaban J connectivity index is 2.72. The van der Waals surface area contributed by atoms with Gasteiger partial charge in [0.05, 0.1) is 20.3 Å². The molecule has 1 aromatic rings. The molecule has 1 N–H and O–H groups in total. The van der Waals surface area contributed by atoms with E-state index in [4.69, 9.17) is 15.9 Å². The van der Waals surface area contributed by atoms with Crippen molar-refractivity contribution in [2.75, 3.05) is 14.2 Å². The number of terminal acetylenes is 1. The summed E-state index contributed by atoms with van der Waals surface area (Å²) in [5.41, 5.74) is 1.11. The van der Waals surface area contributed by atoms with Crippen molar-refractivity contribution in [3.63, 3.8) is 0 Å². The average Bonchev–Trinajstić information content (AvgIpc) is 2.35. The van der Waals surface area contributed by atoms with Gasteiger partial charge in [0, 0.05) is 6.54 Å². The van der Waals surface area contributed by atoms with Crippen LogP contribution in [0, 0.1) is 12.3 Å². The van der Waals surface area contributed by atoms with E-state index in [1.165, 1.54) is 0 Å². The largest absolute Gasteiger partial charge is 0.493 e. The summed E-state index contributed by atoms with van der Waals surface area (Å²) in [7, 11) is 3.25. The minimum absolute atomic E-state index is 0.0631. The standard InChI is InChI=1S/C13H17NO2/c1-5-10(2)14-9-11-6-7-12(15-3)13(8-11)16-4/h1,6-8,10,14H,9H2,2-4H3. The van der Waals surface area contributed by atoms with Crippen molar-refractivity contribution in [3.05, 3.63) is 23.8 Å². The second kappa shape index (κ2) is 6.04. The Hall–Kier alpha value is -1.66. The summed E-state index contributed by atoms with van der Waals surface area (Å²) in [6, 6.07) is 5.87. The molecular formula is C13H17NO2. The van der Waals surface area contributed by atoms with Gasteiger partial charge in [0.15, 0.2) is 11.5 Å². The van der Waals surface area contributed by atoms with Gasteiger partial charge in [0.2, 0.25) is 0 Å². The summed E-state index contributed by atoms with van der Waals surface area (Å²) in [5, 5.41) is 3.20. The number of rotatable bonds is 5. The molecule has 3 heteroatoms. The van der Waals surface area contributed by atoms with Gasteiger partial charge < -0.3 is 9.47 Å². The van der Waals surface area contributed by atoms with Crippen LogP contribution in [0.5, 0.6) is 11.5 Å². The van der Waals surface area contributed by atoms with Crippen molar-refractivity contribution in [1.82, 2.24) is 5.32 Å². The van der Waals surface area contributed by atoms with Crippen molar-refractivity contribution in [2.45, 2.75) is 19.5 Å². The van der Waals surface area contributed by atoms with Crippen LogP contribution in [0.4, 0.5) is 0 Å². The van der Waals surface area contributed by atoms with Gasteiger partial charge >= 0.3 is 0 Å². The molecule has 0 amide bonds. The van der Waals surface area contributed by atoms with E-state index in [0.717, 1.165) is 17.1 Å². The molecule has 0 spiro atoms. The van der Waals surface area contributed by atoms with E-state index in [9.17, 15) is 0 Å². The first-order valence-corrected chi connectivity index (χ1v) is 5.11. The van der Waals surface area contributed by atoms with Gasteiger partial charge in [-0.2, -0.15) is 0 Å². The summed E-state index contributed by atoms with van der Waals surface area (Å²) in [5.74, 6) is 4.08. The fourth-order valence-electron chi connectivity index (χ4n) is 1.32. The van der Waals surface area contributed by atoms with Gasteiger partial charge in [-0.05, 0) is 24.6 Å². The third-order valence-corrected chi connectivity index (χ3v) is 2.31. The molecule has 0 saturated heterocycles. The first-order chi connectivity index (χ1) is 7.71. The molecule has 0 aliphatic heterocycles. The van der Waals surface area contributed by atoms with Crippen LogP contribution in [-0.4, -0.2) is 20.3 Å². The Labute approximate surface area is 96.8 Å². The quantitative estimate of drug-likeness (QED) is 0.766. The number of hydrogen-bond acceptors (Lipinski definition) is 3. The third kappa shape index (κ3) is 3.18. The summed E-state index contributed by atoms with van der Waals surface area (Å²) >= 11 is 0. The normalized spacial score (nSPS) is 11.6. The minimum Gasteiger partial charge on any atom is -0.493 e. The predicted molar refractivity (Wildman–Crippen MR) is 64.7 cm³/mol. The molecule has 0 fully saturated rings. The van der Waals surface area contributed by atoms with Gasteiger partial charge in [0.25, 0.3) is 0 Å². The van der Waals surface area contributed by atoms with Gasteiger partial charge in [-0.1, -0.05) is 12.0 Å². The van der Waals surface area contributed by atoms with Crippen LogP contribution in [0.15, 0.2) is 18.2 Å². The van der Waals surface area contributed by atoms with E-state index < -0.39 is 0 Å². The highest BCUT2D eigenvalue weighted by molar-refractivity contribution is 5.42. The third-order valence-electron chi connectivity index (χ3n) is 2.31. The Morgan fingerprint density at radius 2 is 2.00 bits per heavy atom. The van der Waals surface area contributed by atoms with E-state index in [2.05, 4.69) is 11.2 Å². The Bertz CT molecular complexity index is 382. The monoisotopic (exact) mass is 219 g/mol. The molecule has 0 aromatic heterocycles. The molecule has 0 saturated carbocycles. The van der Waals surface area contributed by atoms with E-state index >= 15 is 0 Å². The number of ether oxygens (including phenoxy) is 2. The van der Waals surface area contributed by atoms with Crippen LogP contribution >= 0.6 is 0 Å². The molecule has 0 bridgehead atoms. The highest BCUT2D eigenvalue weighted by atomic mass is 16.5. The molecule has 86 valence electrons. The first-order valence-electron chi connectivity index (χ1n) is 5.11. The molecule has 0 aliphatic rings. The zero-order valence-corrected chi connectivity index (χ0v) is 9.91. The topological polar surface area (TPSA) is 30.5 Å². The Morgan fingerprint density at radius 1 is 1.31 bits per heavy atom. The summed E-state index contributed by atoms with van der Waals surface area (Å²) in [6.07, 6.45) is 5.28. The lowest BCUT2D eigenvalue weighted by Gasteiger charge is -2.11. The van der Waals surface area contributed by atoms with Crippen molar-refractivity contribution >= 4 is 0 Å². The van der Waals surface area contributed by atoms with Gasteiger partial charge in [-0.25, -0.2) is 0 Å². The molecule has 3 nitrogen and oxygen atoms in total. The summed E-state index contributed by atoms with van der Waals surface area (Å²) < 4.78 is 10.4. The van der Waals surface area contributed by atoms with Gasteiger partial charge in [0.1, 0.15) is 0 Å². The highest BCUT2D eigenvalue weighted by Gasteiger charge is 2.04. The van der Waals surface area contributed by atoms with E-state index in [1.807, 2.05) is 25.1 Å². The van der Waals surface area contributed by atoms with Gasteiger partial charge in [-0.15, -0.1) is 6.42 Å². The molecule has 1 unspecified atom stereocenters. The molecule has 1 aromatic carbocycles. The number of methoxy groups -OCH3 is 2. The van der Waals surface area contributed by atoms with E-state index in [-0.39, 0.29) is 6.04 Å². The fourth-order valence-corrected chi connectivity index (χ4v) is 1.32. The van der Waals surface area contributed by atoms with Gasteiger partial charge in [-0.3, -0.25) is 5.32 Å². The maximum absolute atomic E-state index is 5.28. The Kier molecular flexibility index (Phi) is 4.68. The van der Waals surface area contributed by atoms with Crippen LogP contribution in [-0.2, 0) is 6.54 Å². The second-order valence-electron chi connectivity index (χ2n) is 3.46. The SMILES string of the molecule is C#CC(C)NCc1ccc(OC)c(OC)c1. The fraction of sp³-hybridized carbons (Fsp3) is 0.385. The average molecular weight is 219 g/mol. The molecule has 0 heterocycles. The highest BCUT2D eigenvalue weighted by Crippen LogP contribution is 2.27. The Morgan fingerprint density at radius 3 is 2.56 bits per heavy atom. The lowest BCUT2D eigenvalue weighted by Crippen LogP contribution is -2.23.